The summed E-state index contributed by atoms with van der Waals surface area (Å²) in [5.74, 6) is -1.23. The van der Waals surface area contributed by atoms with Crippen molar-refractivity contribution >= 4 is 35.8 Å². The maximum Gasteiger partial charge on any atom is 0.351 e. The monoisotopic (exact) mass is 418 g/mol. The fourth-order valence-electron chi connectivity index (χ4n) is 3.05. The van der Waals surface area contributed by atoms with Gasteiger partial charge in [-0.3, -0.25) is 0 Å². The Bertz CT molecular complexity index is 992. The van der Waals surface area contributed by atoms with Gasteiger partial charge in [0.15, 0.2) is 0 Å². The Hall–Kier alpha value is -3.23. The van der Waals surface area contributed by atoms with E-state index >= 15 is 0 Å². The van der Waals surface area contributed by atoms with Gasteiger partial charge in [0.05, 0.1) is 12.7 Å². The highest BCUT2D eigenvalue weighted by Gasteiger charge is 2.28. The second-order valence-corrected chi connectivity index (χ2v) is 8.86. The lowest BCUT2D eigenvalue weighted by molar-refractivity contribution is -0.148. The number of ether oxygens (including phenoxy) is 2. The van der Waals surface area contributed by atoms with Gasteiger partial charge in [-0.1, -0.05) is 85.4 Å². The molecule has 30 heavy (non-hydrogen) atoms. The molecule has 1 unspecified atom stereocenters. The minimum absolute atomic E-state index is 0.404. The lowest BCUT2D eigenvalue weighted by Gasteiger charge is -2.22. The number of carbonyl (C=O) groups is 2. The number of esters is 2. The molecule has 0 aliphatic rings. The summed E-state index contributed by atoms with van der Waals surface area (Å²) in [5, 5.41) is 3.09. The van der Waals surface area contributed by atoms with Crippen molar-refractivity contribution in [2.24, 2.45) is 0 Å². The zero-order valence-electron chi connectivity index (χ0n) is 16.9. The SMILES string of the molecule is C=C(C)C(OC(=O)c1ccccc1P(c1ccccc1)c1ccccc1)C(=O)OC. The molecule has 0 N–H and O–H groups in total. The topological polar surface area (TPSA) is 52.6 Å². The highest BCUT2D eigenvalue weighted by Crippen LogP contribution is 2.34. The van der Waals surface area contributed by atoms with Crippen LogP contribution in [0.25, 0.3) is 0 Å². The molecule has 0 amide bonds. The van der Waals surface area contributed by atoms with Gasteiger partial charge in [0, 0.05) is 0 Å². The number of rotatable bonds is 7. The van der Waals surface area contributed by atoms with E-state index in [9.17, 15) is 9.59 Å². The van der Waals surface area contributed by atoms with Gasteiger partial charge in [0.1, 0.15) is 0 Å². The van der Waals surface area contributed by atoms with Gasteiger partial charge in [-0.2, -0.15) is 0 Å². The Labute approximate surface area is 177 Å². The quantitative estimate of drug-likeness (QED) is 0.333. The smallest absolute Gasteiger partial charge is 0.351 e. The molecule has 0 fully saturated rings. The van der Waals surface area contributed by atoms with E-state index in [-0.39, 0.29) is 0 Å². The predicted molar refractivity (Wildman–Crippen MR) is 121 cm³/mol. The first kappa shape index (κ1) is 21.5. The molecule has 3 aromatic rings. The molecule has 0 saturated carbocycles. The normalized spacial score (nSPS) is 11.6. The van der Waals surface area contributed by atoms with Crippen LogP contribution in [0.15, 0.2) is 97.1 Å². The largest absolute Gasteiger partial charge is 0.466 e. The minimum Gasteiger partial charge on any atom is -0.466 e. The van der Waals surface area contributed by atoms with Gasteiger partial charge >= 0.3 is 11.9 Å². The lowest BCUT2D eigenvalue weighted by atomic mass is 10.2. The molecule has 0 heterocycles. The molecule has 3 aromatic carbocycles. The molecule has 0 saturated heterocycles. The summed E-state index contributed by atoms with van der Waals surface area (Å²) in [6.45, 7) is 5.38. The molecule has 0 aliphatic heterocycles. The Kier molecular flexibility index (Phi) is 7.16. The molecule has 0 aromatic heterocycles. The molecule has 3 rings (SSSR count). The highest BCUT2D eigenvalue weighted by atomic mass is 31.1. The summed E-state index contributed by atoms with van der Waals surface area (Å²) in [6, 6.07) is 27.5. The molecule has 0 spiro atoms. The Morgan fingerprint density at radius 3 is 1.83 bits per heavy atom. The zero-order chi connectivity index (χ0) is 21.5. The maximum absolute atomic E-state index is 13.1. The van der Waals surface area contributed by atoms with Crippen LogP contribution in [0.4, 0.5) is 0 Å². The van der Waals surface area contributed by atoms with E-state index in [0.29, 0.717) is 11.1 Å². The van der Waals surface area contributed by atoms with Crippen molar-refractivity contribution in [1.29, 1.82) is 0 Å². The summed E-state index contributed by atoms with van der Waals surface area (Å²) in [4.78, 5) is 25.1. The van der Waals surface area contributed by atoms with Crippen LogP contribution in [0.3, 0.4) is 0 Å². The number of hydrogen-bond acceptors (Lipinski definition) is 4. The Morgan fingerprint density at radius 2 is 1.33 bits per heavy atom. The predicted octanol–water partition coefficient (Wildman–Crippen LogP) is 3.72. The molecule has 5 heteroatoms. The fourth-order valence-corrected chi connectivity index (χ4v) is 5.49. The summed E-state index contributed by atoms with van der Waals surface area (Å²) >= 11 is 0. The third kappa shape index (κ3) is 4.84. The van der Waals surface area contributed by atoms with Crippen molar-refractivity contribution in [3.63, 3.8) is 0 Å². The molecule has 0 aliphatic carbocycles. The minimum atomic E-state index is -1.14. The molecule has 152 valence electrons. The van der Waals surface area contributed by atoms with E-state index in [1.165, 1.54) is 7.11 Å². The van der Waals surface area contributed by atoms with E-state index in [4.69, 9.17) is 9.47 Å². The zero-order valence-corrected chi connectivity index (χ0v) is 17.8. The van der Waals surface area contributed by atoms with Crippen LogP contribution in [0.2, 0.25) is 0 Å². The van der Waals surface area contributed by atoms with Crippen molar-refractivity contribution in [3.05, 3.63) is 103 Å². The van der Waals surface area contributed by atoms with Crippen LogP contribution in [-0.4, -0.2) is 25.2 Å². The summed E-state index contributed by atoms with van der Waals surface area (Å²) in [6.07, 6.45) is -1.14. The van der Waals surface area contributed by atoms with Crippen LogP contribution in [0.1, 0.15) is 17.3 Å². The van der Waals surface area contributed by atoms with E-state index in [0.717, 1.165) is 15.9 Å². The van der Waals surface area contributed by atoms with E-state index in [1.807, 2.05) is 48.5 Å². The molecule has 4 nitrogen and oxygen atoms in total. The fraction of sp³-hybridized carbons (Fsp3) is 0.120. The van der Waals surface area contributed by atoms with Crippen LogP contribution in [0, 0.1) is 0 Å². The van der Waals surface area contributed by atoms with E-state index in [2.05, 4.69) is 30.8 Å². The molecule has 0 radical (unpaired) electrons. The molecular formula is C25H23O4P. The Balaban J connectivity index is 2.06. The van der Waals surface area contributed by atoms with Crippen molar-refractivity contribution < 1.29 is 19.1 Å². The van der Waals surface area contributed by atoms with Crippen LogP contribution in [0.5, 0.6) is 0 Å². The average Bonchev–Trinajstić information content (AvgIpc) is 2.78. The van der Waals surface area contributed by atoms with E-state index in [1.54, 1.807) is 19.1 Å². The highest BCUT2D eigenvalue weighted by molar-refractivity contribution is 7.80. The first-order chi connectivity index (χ1) is 14.5. The third-order valence-electron chi connectivity index (χ3n) is 4.48. The van der Waals surface area contributed by atoms with Crippen molar-refractivity contribution in [2.75, 3.05) is 7.11 Å². The van der Waals surface area contributed by atoms with Crippen LogP contribution in [-0.2, 0) is 14.3 Å². The average molecular weight is 418 g/mol. The number of hydrogen-bond donors (Lipinski definition) is 0. The van der Waals surface area contributed by atoms with Crippen molar-refractivity contribution in [2.45, 2.75) is 13.0 Å². The molecular weight excluding hydrogens is 395 g/mol. The first-order valence-electron chi connectivity index (χ1n) is 9.46. The Morgan fingerprint density at radius 1 is 0.833 bits per heavy atom. The van der Waals surface area contributed by atoms with Gasteiger partial charge in [0.2, 0.25) is 6.10 Å². The number of carbonyl (C=O) groups excluding carboxylic acids is 2. The summed E-state index contributed by atoms with van der Waals surface area (Å²) in [5.41, 5.74) is 0.826. The molecule has 0 bridgehead atoms. The van der Waals surface area contributed by atoms with Gasteiger partial charge < -0.3 is 9.47 Å². The summed E-state index contributed by atoms with van der Waals surface area (Å²) in [7, 11) is 0.256. The summed E-state index contributed by atoms with van der Waals surface area (Å²) < 4.78 is 10.3. The second kappa shape index (κ2) is 10.00. The van der Waals surface area contributed by atoms with Gasteiger partial charge in [-0.25, -0.2) is 9.59 Å². The van der Waals surface area contributed by atoms with Crippen LogP contribution >= 0.6 is 7.92 Å². The maximum atomic E-state index is 13.1. The lowest BCUT2D eigenvalue weighted by Crippen LogP contribution is -2.32. The van der Waals surface area contributed by atoms with Gasteiger partial charge in [-0.05, 0) is 42.4 Å². The van der Waals surface area contributed by atoms with Crippen LogP contribution < -0.4 is 15.9 Å². The second-order valence-electron chi connectivity index (χ2n) is 6.68. The standard InChI is InChI=1S/C25H23O4P/c1-18(2)23(25(27)28-3)29-24(26)21-16-10-11-17-22(21)30(19-12-6-4-7-13-19)20-14-8-5-9-15-20/h4-17,23H,1H2,2-3H3. The van der Waals surface area contributed by atoms with Gasteiger partial charge in [-0.15, -0.1) is 0 Å². The third-order valence-corrected chi connectivity index (χ3v) is 6.98. The first-order valence-corrected chi connectivity index (χ1v) is 10.8. The van der Waals surface area contributed by atoms with Crippen molar-refractivity contribution in [1.82, 2.24) is 0 Å². The van der Waals surface area contributed by atoms with Crippen molar-refractivity contribution in [3.8, 4) is 0 Å². The number of benzene rings is 3. The molecule has 1 atom stereocenters. The van der Waals surface area contributed by atoms with Gasteiger partial charge in [0.25, 0.3) is 0 Å². The number of methoxy groups -OCH3 is 1. The van der Waals surface area contributed by atoms with E-state index < -0.39 is 26.0 Å².